The molecule has 0 spiro atoms. The highest BCUT2D eigenvalue weighted by Gasteiger charge is 2.27. The maximum atomic E-state index is 12.5. The fourth-order valence-electron chi connectivity index (χ4n) is 2.55. The number of carbonyl (C=O) groups is 2. The molecular formula is C21H23N3O3. The molecule has 1 atom stereocenters. The monoisotopic (exact) mass is 365 g/mol. The van der Waals surface area contributed by atoms with Crippen LogP contribution in [0.2, 0.25) is 0 Å². The topological polar surface area (TPSA) is 79.8 Å². The van der Waals surface area contributed by atoms with Crippen molar-refractivity contribution in [3.05, 3.63) is 60.2 Å². The van der Waals surface area contributed by atoms with Gasteiger partial charge in [0, 0.05) is 23.2 Å². The van der Waals surface area contributed by atoms with Crippen LogP contribution in [0.25, 0.3) is 0 Å². The first-order chi connectivity index (χ1) is 12.8. The molecule has 2 N–H and O–H groups in total. The molecule has 140 valence electrons. The Morgan fingerprint density at radius 2 is 1.67 bits per heavy atom. The lowest BCUT2D eigenvalue weighted by Crippen LogP contribution is -2.27. The molecule has 0 aliphatic carbocycles. The van der Waals surface area contributed by atoms with Crippen LogP contribution < -0.4 is 10.6 Å². The largest absolute Gasteiger partial charge is 0.387 e. The van der Waals surface area contributed by atoms with Crippen molar-refractivity contribution in [2.75, 3.05) is 10.6 Å². The zero-order valence-electron chi connectivity index (χ0n) is 15.7. The van der Waals surface area contributed by atoms with E-state index in [0.717, 1.165) is 5.56 Å². The van der Waals surface area contributed by atoms with Crippen molar-refractivity contribution in [1.29, 1.82) is 0 Å². The third-order valence-corrected chi connectivity index (χ3v) is 4.16. The standard InChI is InChI=1S/C21H23N3O3/c1-21(2,3)20(26)23-16-11-7-10-15(12-16)22-19(25)17-13-18(27-24-17)14-8-5-4-6-9-14/h4-12,18H,13H2,1-3H3,(H,22,25)(H,23,26). The molecule has 6 heteroatoms. The van der Waals surface area contributed by atoms with Gasteiger partial charge in [-0.25, -0.2) is 0 Å². The Labute approximate surface area is 158 Å². The summed E-state index contributed by atoms with van der Waals surface area (Å²) in [7, 11) is 0. The van der Waals surface area contributed by atoms with E-state index in [1.54, 1.807) is 24.3 Å². The number of amides is 2. The summed E-state index contributed by atoms with van der Waals surface area (Å²) in [5.74, 6) is -0.405. The minimum absolute atomic E-state index is 0.0924. The SMILES string of the molecule is CC(C)(C)C(=O)Nc1cccc(NC(=O)C2=NOC(c3ccccc3)C2)c1. The van der Waals surface area contributed by atoms with E-state index >= 15 is 0 Å². The zero-order chi connectivity index (χ0) is 19.4. The van der Waals surface area contributed by atoms with E-state index in [0.29, 0.717) is 23.5 Å². The molecule has 1 aliphatic rings. The molecule has 3 rings (SSSR count). The number of anilines is 2. The molecule has 1 heterocycles. The number of nitrogens with zero attached hydrogens (tertiary/aromatic N) is 1. The van der Waals surface area contributed by atoms with E-state index in [9.17, 15) is 9.59 Å². The minimum Gasteiger partial charge on any atom is -0.387 e. The quantitative estimate of drug-likeness (QED) is 0.855. The molecule has 0 radical (unpaired) electrons. The third kappa shape index (κ3) is 4.73. The van der Waals surface area contributed by atoms with E-state index in [1.807, 2.05) is 51.1 Å². The number of benzene rings is 2. The summed E-state index contributed by atoms with van der Waals surface area (Å²) in [6, 6.07) is 16.7. The molecule has 6 nitrogen and oxygen atoms in total. The summed E-state index contributed by atoms with van der Waals surface area (Å²) in [6.45, 7) is 5.53. The first-order valence-electron chi connectivity index (χ1n) is 8.83. The fraction of sp³-hybridized carbons (Fsp3) is 0.286. The first-order valence-corrected chi connectivity index (χ1v) is 8.83. The summed E-state index contributed by atoms with van der Waals surface area (Å²) in [4.78, 5) is 30.0. The Hall–Kier alpha value is -3.15. The smallest absolute Gasteiger partial charge is 0.273 e. The van der Waals surface area contributed by atoms with Gasteiger partial charge in [0.1, 0.15) is 5.71 Å². The number of nitrogens with one attached hydrogen (secondary N) is 2. The molecule has 0 fully saturated rings. The van der Waals surface area contributed by atoms with Crippen LogP contribution in [0.4, 0.5) is 11.4 Å². The van der Waals surface area contributed by atoms with Crippen LogP contribution in [0.15, 0.2) is 59.8 Å². The number of oxime groups is 1. The molecule has 2 aromatic carbocycles. The van der Waals surface area contributed by atoms with Gasteiger partial charge in [-0.05, 0) is 23.8 Å². The molecule has 1 aliphatic heterocycles. The number of rotatable bonds is 4. The maximum absolute atomic E-state index is 12.5. The maximum Gasteiger partial charge on any atom is 0.273 e. The number of hydrogen-bond donors (Lipinski definition) is 2. The van der Waals surface area contributed by atoms with Crippen LogP contribution in [0.5, 0.6) is 0 Å². The van der Waals surface area contributed by atoms with Gasteiger partial charge in [-0.1, -0.05) is 62.3 Å². The Morgan fingerprint density at radius 3 is 2.33 bits per heavy atom. The van der Waals surface area contributed by atoms with E-state index < -0.39 is 5.41 Å². The fourth-order valence-corrected chi connectivity index (χ4v) is 2.55. The van der Waals surface area contributed by atoms with Crippen LogP contribution in [0.3, 0.4) is 0 Å². The van der Waals surface area contributed by atoms with Gasteiger partial charge in [-0.3, -0.25) is 9.59 Å². The van der Waals surface area contributed by atoms with Gasteiger partial charge in [-0.15, -0.1) is 0 Å². The highest BCUT2D eigenvalue weighted by Crippen LogP contribution is 2.27. The molecular weight excluding hydrogens is 342 g/mol. The second kappa shape index (κ2) is 7.61. The van der Waals surface area contributed by atoms with Gasteiger partial charge in [0.15, 0.2) is 6.10 Å². The van der Waals surface area contributed by atoms with Crippen LogP contribution in [0.1, 0.15) is 38.9 Å². The zero-order valence-corrected chi connectivity index (χ0v) is 15.7. The molecule has 0 bridgehead atoms. The Bertz CT molecular complexity index is 870. The van der Waals surface area contributed by atoms with Crippen LogP contribution >= 0.6 is 0 Å². The van der Waals surface area contributed by atoms with Crippen LogP contribution in [-0.2, 0) is 14.4 Å². The van der Waals surface area contributed by atoms with Crippen LogP contribution in [-0.4, -0.2) is 17.5 Å². The highest BCUT2D eigenvalue weighted by molar-refractivity contribution is 6.43. The van der Waals surface area contributed by atoms with E-state index in [4.69, 9.17) is 4.84 Å². The summed E-state index contributed by atoms with van der Waals surface area (Å²) in [6.07, 6.45) is 0.167. The van der Waals surface area contributed by atoms with Crippen LogP contribution in [0, 0.1) is 5.41 Å². The highest BCUT2D eigenvalue weighted by atomic mass is 16.6. The average Bonchev–Trinajstić information content (AvgIpc) is 3.12. The van der Waals surface area contributed by atoms with Crippen molar-refractivity contribution < 1.29 is 14.4 Å². The molecule has 0 saturated carbocycles. The molecule has 1 unspecified atom stereocenters. The Kier molecular flexibility index (Phi) is 5.26. The molecule has 0 aromatic heterocycles. The van der Waals surface area contributed by atoms with E-state index in [2.05, 4.69) is 15.8 Å². The van der Waals surface area contributed by atoms with Crippen molar-refractivity contribution in [3.63, 3.8) is 0 Å². The second-order valence-electron chi connectivity index (χ2n) is 7.49. The van der Waals surface area contributed by atoms with Gasteiger partial charge in [-0.2, -0.15) is 0 Å². The average molecular weight is 365 g/mol. The lowest BCUT2D eigenvalue weighted by Gasteiger charge is -2.18. The van der Waals surface area contributed by atoms with Crippen molar-refractivity contribution in [3.8, 4) is 0 Å². The van der Waals surface area contributed by atoms with Crippen molar-refractivity contribution in [2.24, 2.45) is 10.6 Å². The second-order valence-corrected chi connectivity index (χ2v) is 7.49. The lowest BCUT2D eigenvalue weighted by molar-refractivity contribution is -0.123. The number of carbonyl (C=O) groups excluding carboxylic acids is 2. The third-order valence-electron chi connectivity index (χ3n) is 4.16. The predicted octanol–water partition coefficient (Wildman–Crippen LogP) is 4.13. The van der Waals surface area contributed by atoms with Gasteiger partial charge < -0.3 is 15.5 Å². The number of hydrogen-bond acceptors (Lipinski definition) is 4. The Morgan fingerprint density at radius 1 is 1.00 bits per heavy atom. The predicted molar refractivity (Wildman–Crippen MR) is 105 cm³/mol. The van der Waals surface area contributed by atoms with Crippen molar-refractivity contribution in [2.45, 2.75) is 33.3 Å². The summed E-state index contributed by atoms with van der Waals surface area (Å²) in [5, 5.41) is 9.58. The minimum atomic E-state index is -0.498. The van der Waals surface area contributed by atoms with E-state index in [-0.39, 0.29) is 17.9 Å². The lowest BCUT2D eigenvalue weighted by atomic mass is 9.95. The van der Waals surface area contributed by atoms with E-state index in [1.165, 1.54) is 0 Å². The Balaban J connectivity index is 1.62. The first kappa shape index (κ1) is 18.6. The van der Waals surface area contributed by atoms with Gasteiger partial charge in [0.2, 0.25) is 5.91 Å². The van der Waals surface area contributed by atoms with Gasteiger partial charge in [0.25, 0.3) is 5.91 Å². The molecule has 2 amide bonds. The molecule has 27 heavy (non-hydrogen) atoms. The normalized spacial score (nSPS) is 16.3. The summed E-state index contributed by atoms with van der Waals surface area (Å²) >= 11 is 0. The van der Waals surface area contributed by atoms with Crippen molar-refractivity contribution >= 4 is 28.9 Å². The summed E-state index contributed by atoms with van der Waals surface area (Å²) < 4.78 is 0. The van der Waals surface area contributed by atoms with Gasteiger partial charge in [0.05, 0.1) is 0 Å². The van der Waals surface area contributed by atoms with Gasteiger partial charge >= 0.3 is 0 Å². The molecule has 2 aromatic rings. The summed E-state index contributed by atoms with van der Waals surface area (Å²) in [5.41, 5.74) is 2.03. The van der Waals surface area contributed by atoms with Crippen molar-refractivity contribution in [1.82, 2.24) is 0 Å². The molecule has 0 saturated heterocycles.